The van der Waals surface area contributed by atoms with Gasteiger partial charge in [0.05, 0.1) is 16.9 Å². The largest absolute Gasteiger partial charge is 0.343 e. The summed E-state index contributed by atoms with van der Waals surface area (Å²) in [6, 6.07) is 8.02. The third kappa shape index (κ3) is 4.88. The number of nitrogens with zero attached hydrogens (tertiary/aromatic N) is 3. The Balaban J connectivity index is 2.15. The summed E-state index contributed by atoms with van der Waals surface area (Å²) in [4.78, 5) is 25.9. The molecule has 1 aromatic rings. The molecule has 1 atom stereocenters. The Morgan fingerprint density at radius 1 is 1.25 bits per heavy atom. The minimum atomic E-state index is -3.58. The van der Waals surface area contributed by atoms with Crippen LogP contribution in [0, 0.1) is 17.2 Å². The van der Waals surface area contributed by atoms with E-state index in [4.69, 9.17) is 5.26 Å². The van der Waals surface area contributed by atoms with E-state index < -0.39 is 15.9 Å². The van der Waals surface area contributed by atoms with Crippen LogP contribution in [0.15, 0.2) is 29.2 Å². The predicted molar refractivity (Wildman–Crippen MR) is 105 cm³/mol. The lowest BCUT2D eigenvalue weighted by molar-refractivity contribution is -0.126. The molecule has 1 saturated heterocycles. The Labute approximate surface area is 166 Å². The number of carbonyl (C=O) groups excluding carboxylic acids is 2. The van der Waals surface area contributed by atoms with Crippen molar-refractivity contribution in [3.05, 3.63) is 24.3 Å². The first kappa shape index (κ1) is 21.9. The molecule has 0 radical (unpaired) electrons. The van der Waals surface area contributed by atoms with Crippen LogP contribution in [-0.4, -0.2) is 50.7 Å². The maximum atomic E-state index is 12.8. The Morgan fingerprint density at radius 3 is 2.39 bits per heavy atom. The summed E-state index contributed by atoms with van der Waals surface area (Å²) in [5.74, 6) is -1.05. The van der Waals surface area contributed by atoms with Gasteiger partial charge in [-0.2, -0.15) is 9.57 Å². The van der Waals surface area contributed by atoms with Crippen LogP contribution in [0.4, 0.5) is 5.69 Å². The number of carbonyl (C=O) groups is 2. The smallest absolute Gasteiger partial charge is 0.243 e. The van der Waals surface area contributed by atoms with Crippen molar-refractivity contribution in [1.29, 1.82) is 5.26 Å². The zero-order chi connectivity index (χ0) is 20.7. The van der Waals surface area contributed by atoms with E-state index in [1.807, 2.05) is 19.9 Å². The van der Waals surface area contributed by atoms with Gasteiger partial charge in [0, 0.05) is 31.7 Å². The van der Waals surface area contributed by atoms with Gasteiger partial charge in [-0.1, -0.05) is 13.8 Å². The van der Waals surface area contributed by atoms with Crippen molar-refractivity contribution in [1.82, 2.24) is 9.62 Å². The molecule has 1 aromatic carbocycles. The molecule has 2 rings (SSSR count). The number of benzene rings is 1. The lowest BCUT2D eigenvalue weighted by Gasteiger charge is -2.22. The maximum Gasteiger partial charge on any atom is 0.243 e. The third-order valence-electron chi connectivity index (χ3n) is 4.57. The molecule has 8 nitrogen and oxygen atoms in total. The van der Waals surface area contributed by atoms with Crippen molar-refractivity contribution in [3.63, 3.8) is 0 Å². The fraction of sp³-hybridized carbons (Fsp3) is 0.526. The molecular weight excluding hydrogens is 380 g/mol. The highest BCUT2D eigenvalue weighted by Crippen LogP contribution is 2.27. The van der Waals surface area contributed by atoms with Crippen molar-refractivity contribution in [2.45, 2.75) is 38.0 Å². The van der Waals surface area contributed by atoms with Crippen molar-refractivity contribution in [3.8, 4) is 6.07 Å². The zero-order valence-electron chi connectivity index (χ0n) is 16.2. The number of hydrogen-bond acceptors (Lipinski definition) is 5. The predicted octanol–water partition coefficient (Wildman–Crippen LogP) is 1.49. The Bertz CT molecular complexity index is 840. The number of anilines is 1. The van der Waals surface area contributed by atoms with E-state index in [-0.39, 0.29) is 36.2 Å². The molecule has 152 valence electrons. The van der Waals surface area contributed by atoms with Gasteiger partial charge in [-0.25, -0.2) is 8.42 Å². The molecule has 0 saturated carbocycles. The van der Waals surface area contributed by atoms with Gasteiger partial charge in [0.1, 0.15) is 6.54 Å². The average Bonchev–Trinajstić information content (AvgIpc) is 3.07. The number of hydrogen-bond donors (Lipinski definition) is 1. The molecule has 0 unspecified atom stereocenters. The summed E-state index contributed by atoms with van der Waals surface area (Å²) >= 11 is 0. The second-order valence-corrected chi connectivity index (χ2v) is 8.62. The quantitative estimate of drug-likeness (QED) is 0.625. The van der Waals surface area contributed by atoms with Crippen LogP contribution in [0.2, 0.25) is 0 Å². The molecule has 1 N–H and O–H groups in total. The SMILES string of the molecule is CCCN(CCC)S(=O)(=O)c1ccc(N2C[C@@H](C(=O)NCC#N)CC2=O)cc1. The molecule has 0 aromatic heterocycles. The molecular formula is C19H26N4O4S. The summed E-state index contributed by atoms with van der Waals surface area (Å²) in [6.45, 7) is 4.90. The number of nitriles is 1. The fourth-order valence-corrected chi connectivity index (χ4v) is 4.83. The minimum Gasteiger partial charge on any atom is -0.343 e. The van der Waals surface area contributed by atoms with E-state index >= 15 is 0 Å². The molecule has 2 amide bonds. The van der Waals surface area contributed by atoms with Crippen LogP contribution in [0.25, 0.3) is 0 Å². The first-order valence-electron chi connectivity index (χ1n) is 9.40. The van der Waals surface area contributed by atoms with Gasteiger partial charge in [0.15, 0.2) is 0 Å². The van der Waals surface area contributed by atoms with Crippen molar-refractivity contribution >= 4 is 27.5 Å². The van der Waals surface area contributed by atoms with E-state index in [1.54, 1.807) is 12.1 Å². The van der Waals surface area contributed by atoms with E-state index in [9.17, 15) is 18.0 Å². The molecule has 0 spiro atoms. The van der Waals surface area contributed by atoms with Crippen molar-refractivity contribution < 1.29 is 18.0 Å². The van der Waals surface area contributed by atoms with Gasteiger partial charge in [0.2, 0.25) is 21.8 Å². The summed E-state index contributed by atoms with van der Waals surface area (Å²) < 4.78 is 27.1. The summed E-state index contributed by atoms with van der Waals surface area (Å²) in [6.07, 6.45) is 1.53. The highest BCUT2D eigenvalue weighted by Gasteiger charge is 2.35. The molecule has 1 aliphatic rings. The van der Waals surface area contributed by atoms with Crippen LogP contribution in [0.3, 0.4) is 0 Å². The van der Waals surface area contributed by atoms with Crippen LogP contribution < -0.4 is 10.2 Å². The molecule has 0 bridgehead atoms. The van der Waals surface area contributed by atoms with E-state index in [0.29, 0.717) is 18.8 Å². The topological polar surface area (TPSA) is 111 Å². The monoisotopic (exact) mass is 406 g/mol. The second kappa shape index (κ2) is 9.66. The Kier molecular flexibility index (Phi) is 7.54. The third-order valence-corrected chi connectivity index (χ3v) is 6.48. The van der Waals surface area contributed by atoms with E-state index in [0.717, 1.165) is 12.8 Å². The first-order valence-corrected chi connectivity index (χ1v) is 10.8. The van der Waals surface area contributed by atoms with Crippen molar-refractivity contribution in [2.75, 3.05) is 31.1 Å². The second-order valence-electron chi connectivity index (χ2n) is 6.68. The molecule has 1 aliphatic heterocycles. The zero-order valence-corrected chi connectivity index (χ0v) is 17.0. The maximum absolute atomic E-state index is 12.8. The molecule has 9 heteroatoms. The molecule has 0 aliphatic carbocycles. The fourth-order valence-electron chi connectivity index (χ4n) is 3.20. The van der Waals surface area contributed by atoms with Crippen molar-refractivity contribution in [2.24, 2.45) is 5.92 Å². The minimum absolute atomic E-state index is 0.0675. The summed E-state index contributed by atoms with van der Waals surface area (Å²) in [5.41, 5.74) is 0.553. The normalized spacial score (nSPS) is 17.0. The number of nitrogens with one attached hydrogen (secondary N) is 1. The van der Waals surface area contributed by atoms with Gasteiger partial charge < -0.3 is 10.2 Å². The highest BCUT2D eigenvalue weighted by molar-refractivity contribution is 7.89. The van der Waals surface area contributed by atoms with Gasteiger partial charge in [0.25, 0.3) is 0 Å². The van der Waals surface area contributed by atoms with Gasteiger partial charge in [-0.15, -0.1) is 0 Å². The molecule has 28 heavy (non-hydrogen) atoms. The van der Waals surface area contributed by atoms with Gasteiger partial charge >= 0.3 is 0 Å². The Hall–Kier alpha value is -2.44. The van der Waals surface area contributed by atoms with E-state index in [1.165, 1.54) is 21.3 Å². The number of amides is 2. The van der Waals surface area contributed by atoms with Crippen LogP contribution in [0.1, 0.15) is 33.1 Å². The van der Waals surface area contributed by atoms with Crippen LogP contribution >= 0.6 is 0 Å². The van der Waals surface area contributed by atoms with Crippen LogP contribution in [-0.2, 0) is 19.6 Å². The summed E-state index contributed by atoms with van der Waals surface area (Å²) in [7, 11) is -3.58. The molecule has 1 fully saturated rings. The lowest BCUT2D eigenvalue weighted by atomic mass is 10.1. The standard InChI is InChI=1S/C19H26N4O4S/c1-3-11-22(12-4-2)28(26,27)17-7-5-16(6-8-17)23-14-15(13-18(23)24)19(25)21-10-9-20/h5-8,15H,3-4,10-14H2,1-2H3,(H,21,25)/t15-/m0/s1. The van der Waals surface area contributed by atoms with E-state index in [2.05, 4.69) is 5.32 Å². The molecule has 1 heterocycles. The first-order chi connectivity index (χ1) is 13.3. The average molecular weight is 407 g/mol. The van der Waals surface area contributed by atoms with Gasteiger partial charge in [-0.05, 0) is 37.1 Å². The number of sulfonamides is 1. The van der Waals surface area contributed by atoms with Crippen LogP contribution in [0.5, 0.6) is 0 Å². The van der Waals surface area contributed by atoms with Gasteiger partial charge in [-0.3, -0.25) is 9.59 Å². The number of rotatable bonds is 9. The lowest BCUT2D eigenvalue weighted by Crippen LogP contribution is -2.33. The Morgan fingerprint density at radius 2 is 1.86 bits per heavy atom. The summed E-state index contributed by atoms with van der Waals surface area (Å²) in [5, 5.41) is 11.0. The highest BCUT2D eigenvalue weighted by atomic mass is 32.2.